The van der Waals surface area contributed by atoms with E-state index in [0.29, 0.717) is 6.17 Å². The first kappa shape index (κ1) is 4.01. The number of nitrogens with zero attached hydrogens (tertiary/aromatic N) is 1. The van der Waals surface area contributed by atoms with E-state index in [4.69, 9.17) is 0 Å². The highest BCUT2D eigenvalue weighted by molar-refractivity contribution is 5.11. The van der Waals surface area contributed by atoms with Crippen molar-refractivity contribution in [2.24, 2.45) is 0 Å². The Morgan fingerprint density at radius 1 is 1.62 bits per heavy atom. The molecule has 0 radical (unpaired) electrons. The molecule has 0 saturated carbocycles. The van der Waals surface area contributed by atoms with Gasteiger partial charge in [0.25, 0.3) is 0 Å². The molecule has 2 aliphatic rings. The van der Waals surface area contributed by atoms with Gasteiger partial charge in [-0.05, 0) is 6.08 Å². The molecule has 2 rings (SSSR count). The van der Waals surface area contributed by atoms with Gasteiger partial charge in [0, 0.05) is 18.9 Å². The van der Waals surface area contributed by atoms with Crippen LogP contribution in [0.15, 0.2) is 24.6 Å². The van der Waals surface area contributed by atoms with Gasteiger partial charge in [0.05, 0.1) is 0 Å². The first-order chi connectivity index (χ1) is 3.97. The molecule has 0 fully saturated rings. The van der Waals surface area contributed by atoms with Crippen molar-refractivity contribution >= 4 is 0 Å². The van der Waals surface area contributed by atoms with Gasteiger partial charge in [-0.3, -0.25) is 0 Å². The van der Waals surface area contributed by atoms with Crippen LogP contribution in [0.4, 0.5) is 0 Å². The van der Waals surface area contributed by atoms with Gasteiger partial charge in [-0.1, -0.05) is 6.08 Å². The van der Waals surface area contributed by atoms with Crippen molar-refractivity contribution in [3.63, 3.8) is 0 Å². The van der Waals surface area contributed by atoms with Crippen molar-refractivity contribution in [1.82, 2.24) is 10.2 Å². The average Bonchev–Trinajstić information content (AvgIpc) is 2.15. The van der Waals surface area contributed by atoms with E-state index in [2.05, 4.69) is 28.6 Å². The van der Waals surface area contributed by atoms with Gasteiger partial charge in [-0.25, -0.2) is 0 Å². The van der Waals surface area contributed by atoms with Crippen molar-refractivity contribution in [2.75, 3.05) is 6.54 Å². The van der Waals surface area contributed by atoms with Crippen LogP contribution in [-0.4, -0.2) is 17.6 Å². The minimum absolute atomic E-state index is 0.468. The summed E-state index contributed by atoms with van der Waals surface area (Å²) in [6, 6.07) is 0. The summed E-state index contributed by atoms with van der Waals surface area (Å²) in [5.41, 5.74) is 0. The molecule has 0 aromatic carbocycles. The Morgan fingerprint density at radius 3 is 3.50 bits per heavy atom. The van der Waals surface area contributed by atoms with E-state index >= 15 is 0 Å². The Bertz CT molecular complexity index is 131. The second-order valence-corrected chi connectivity index (χ2v) is 2.05. The number of rotatable bonds is 0. The minimum atomic E-state index is 0.468. The normalized spacial score (nSPS) is 31.0. The Morgan fingerprint density at radius 2 is 2.62 bits per heavy atom. The second-order valence-electron chi connectivity index (χ2n) is 2.05. The first-order valence-corrected chi connectivity index (χ1v) is 2.82. The van der Waals surface area contributed by atoms with Gasteiger partial charge in [-0.2, -0.15) is 0 Å². The van der Waals surface area contributed by atoms with Crippen molar-refractivity contribution in [1.29, 1.82) is 0 Å². The lowest BCUT2D eigenvalue weighted by molar-refractivity contribution is 0.382. The highest BCUT2D eigenvalue weighted by Crippen LogP contribution is 2.10. The molecule has 0 bridgehead atoms. The zero-order valence-corrected chi connectivity index (χ0v) is 4.54. The van der Waals surface area contributed by atoms with E-state index < -0.39 is 0 Å². The lowest BCUT2D eigenvalue weighted by atomic mass is 10.5. The first-order valence-electron chi connectivity index (χ1n) is 2.82. The van der Waals surface area contributed by atoms with Crippen molar-refractivity contribution in [2.45, 2.75) is 6.17 Å². The highest BCUT2D eigenvalue weighted by Gasteiger charge is 2.17. The smallest absolute Gasteiger partial charge is 0.118 e. The molecular weight excluding hydrogens is 100 g/mol. The molecule has 0 amide bonds. The van der Waals surface area contributed by atoms with Crippen LogP contribution >= 0.6 is 0 Å². The zero-order valence-electron chi connectivity index (χ0n) is 4.54. The van der Waals surface area contributed by atoms with E-state index in [9.17, 15) is 0 Å². The molecular formula is C6H8N2. The summed E-state index contributed by atoms with van der Waals surface area (Å²) in [5.74, 6) is 0. The van der Waals surface area contributed by atoms with Crippen LogP contribution in [-0.2, 0) is 0 Å². The molecule has 1 unspecified atom stereocenters. The third-order valence-electron chi connectivity index (χ3n) is 1.52. The predicted octanol–water partition coefficient (Wildman–Crippen LogP) is 0.259. The van der Waals surface area contributed by atoms with Crippen LogP contribution < -0.4 is 5.32 Å². The third-order valence-corrected chi connectivity index (χ3v) is 1.52. The topological polar surface area (TPSA) is 15.3 Å². The summed E-state index contributed by atoms with van der Waals surface area (Å²) in [6.07, 6.45) is 8.86. The number of hydrogen-bond acceptors (Lipinski definition) is 2. The maximum atomic E-state index is 3.18. The fourth-order valence-corrected chi connectivity index (χ4v) is 1.08. The number of nitrogens with one attached hydrogen (secondary N) is 1. The van der Waals surface area contributed by atoms with Gasteiger partial charge in [-0.15, -0.1) is 0 Å². The SMILES string of the molecule is C1=CC2NC=CN2C1. The van der Waals surface area contributed by atoms with Gasteiger partial charge < -0.3 is 10.2 Å². The molecule has 2 aliphatic heterocycles. The van der Waals surface area contributed by atoms with E-state index in [-0.39, 0.29) is 0 Å². The summed E-state index contributed by atoms with van der Waals surface area (Å²) in [4.78, 5) is 2.24. The average molecular weight is 108 g/mol. The second kappa shape index (κ2) is 1.28. The lowest BCUT2D eigenvalue weighted by Crippen LogP contribution is -2.28. The Hall–Kier alpha value is -0.920. The van der Waals surface area contributed by atoms with Crippen molar-refractivity contribution in [3.05, 3.63) is 24.6 Å². The maximum absolute atomic E-state index is 3.18. The van der Waals surface area contributed by atoms with E-state index in [1.165, 1.54) is 0 Å². The molecule has 0 saturated heterocycles. The minimum Gasteiger partial charge on any atom is -0.367 e. The van der Waals surface area contributed by atoms with Crippen LogP contribution in [0.3, 0.4) is 0 Å². The summed E-state index contributed by atoms with van der Waals surface area (Å²) in [6.45, 7) is 1.06. The molecule has 2 nitrogen and oxygen atoms in total. The third kappa shape index (κ3) is 0.372. The molecule has 0 spiro atoms. The fourth-order valence-electron chi connectivity index (χ4n) is 1.08. The predicted molar refractivity (Wildman–Crippen MR) is 31.9 cm³/mol. The lowest BCUT2D eigenvalue weighted by Gasteiger charge is -2.14. The zero-order chi connectivity index (χ0) is 5.40. The van der Waals surface area contributed by atoms with Gasteiger partial charge in [0.1, 0.15) is 6.17 Å². The Kier molecular flexibility index (Phi) is 0.640. The van der Waals surface area contributed by atoms with Crippen molar-refractivity contribution < 1.29 is 0 Å². The summed E-state index contributed by atoms with van der Waals surface area (Å²) < 4.78 is 0. The Balaban J connectivity index is 2.20. The standard InChI is InChI=1S/C6H8N2/c1-2-6-7-3-5-8(6)4-1/h1-3,5-7H,4H2. The van der Waals surface area contributed by atoms with Gasteiger partial charge in [0.15, 0.2) is 0 Å². The van der Waals surface area contributed by atoms with Crippen LogP contribution in [0.5, 0.6) is 0 Å². The molecule has 2 heteroatoms. The van der Waals surface area contributed by atoms with Gasteiger partial charge in [0.2, 0.25) is 0 Å². The monoisotopic (exact) mass is 108 g/mol. The van der Waals surface area contributed by atoms with Gasteiger partial charge >= 0.3 is 0 Å². The van der Waals surface area contributed by atoms with Crippen molar-refractivity contribution in [3.8, 4) is 0 Å². The summed E-state index contributed by atoms with van der Waals surface area (Å²) in [7, 11) is 0. The van der Waals surface area contributed by atoms with Crippen LogP contribution in [0.25, 0.3) is 0 Å². The number of fused-ring (bicyclic) bond motifs is 1. The van der Waals surface area contributed by atoms with Crippen LogP contribution in [0.1, 0.15) is 0 Å². The molecule has 0 aromatic heterocycles. The highest BCUT2D eigenvalue weighted by atomic mass is 15.3. The van der Waals surface area contributed by atoms with E-state index in [1.54, 1.807) is 0 Å². The summed E-state index contributed by atoms with van der Waals surface area (Å²) in [5, 5.41) is 3.18. The molecule has 2 heterocycles. The molecule has 0 aromatic rings. The summed E-state index contributed by atoms with van der Waals surface area (Å²) >= 11 is 0. The molecule has 1 atom stereocenters. The molecule has 0 aliphatic carbocycles. The Labute approximate surface area is 48.5 Å². The fraction of sp³-hybridized carbons (Fsp3) is 0.333. The number of hydrogen-bond donors (Lipinski definition) is 1. The van der Waals surface area contributed by atoms with Crippen LogP contribution in [0.2, 0.25) is 0 Å². The molecule has 1 N–H and O–H groups in total. The molecule has 8 heavy (non-hydrogen) atoms. The maximum Gasteiger partial charge on any atom is 0.118 e. The molecule has 42 valence electrons. The largest absolute Gasteiger partial charge is 0.367 e. The quantitative estimate of drug-likeness (QED) is 0.448. The van der Waals surface area contributed by atoms with E-state index in [0.717, 1.165) is 6.54 Å². The van der Waals surface area contributed by atoms with E-state index in [1.807, 2.05) is 6.20 Å². The van der Waals surface area contributed by atoms with Crippen LogP contribution in [0, 0.1) is 0 Å².